The topological polar surface area (TPSA) is 49.3 Å². The molecular formula is C14H20BrNO2. The van der Waals surface area contributed by atoms with E-state index in [0.717, 1.165) is 10.0 Å². The van der Waals surface area contributed by atoms with Crippen molar-refractivity contribution < 1.29 is 9.90 Å². The Morgan fingerprint density at radius 3 is 2.78 bits per heavy atom. The molecule has 18 heavy (non-hydrogen) atoms. The van der Waals surface area contributed by atoms with E-state index in [4.69, 9.17) is 0 Å². The molecule has 1 rings (SSSR count). The number of carbonyl (C=O) groups excluding carboxylic acids is 1. The molecule has 0 aliphatic heterocycles. The summed E-state index contributed by atoms with van der Waals surface area (Å²) in [6.45, 7) is 4.19. The Kier molecular flexibility index (Phi) is 6.36. The van der Waals surface area contributed by atoms with Crippen LogP contribution in [0, 0.1) is 5.92 Å². The van der Waals surface area contributed by atoms with Crippen LogP contribution in [0.1, 0.15) is 25.8 Å². The van der Waals surface area contributed by atoms with Gasteiger partial charge in [-0.2, -0.15) is 0 Å². The number of carbonyl (C=O) groups is 1. The van der Waals surface area contributed by atoms with Gasteiger partial charge in [0, 0.05) is 17.4 Å². The second kappa shape index (κ2) is 7.54. The highest BCUT2D eigenvalue weighted by molar-refractivity contribution is 9.10. The van der Waals surface area contributed by atoms with E-state index < -0.39 is 6.10 Å². The molecule has 1 aromatic carbocycles. The van der Waals surface area contributed by atoms with E-state index >= 15 is 0 Å². The van der Waals surface area contributed by atoms with Crippen molar-refractivity contribution in [3.8, 4) is 0 Å². The first-order valence-corrected chi connectivity index (χ1v) is 6.97. The quantitative estimate of drug-likeness (QED) is 0.848. The lowest BCUT2D eigenvalue weighted by atomic mass is 10.1. The van der Waals surface area contributed by atoms with E-state index in [9.17, 15) is 9.90 Å². The Balaban J connectivity index is 2.29. The first kappa shape index (κ1) is 15.2. The number of nitrogens with one attached hydrogen (secondary N) is 1. The number of hydrogen-bond acceptors (Lipinski definition) is 2. The van der Waals surface area contributed by atoms with Crippen LogP contribution in [0.2, 0.25) is 0 Å². The fourth-order valence-corrected chi connectivity index (χ4v) is 1.94. The van der Waals surface area contributed by atoms with Crippen LogP contribution in [0.3, 0.4) is 0 Å². The number of rotatable bonds is 6. The lowest BCUT2D eigenvalue weighted by Gasteiger charge is -2.14. The molecular weight excluding hydrogens is 294 g/mol. The van der Waals surface area contributed by atoms with E-state index in [-0.39, 0.29) is 11.8 Å². The summed E-state index contributed by atoms with van der Waals surface area (Å²) in [4.78, 5) is 11.6. The molecule has 0 aliphatic carbocycles. The smallest absolute Gasteiger partial charge is 0.220 e. The van der Waals surface area contributed by atoms with Gasteiger partial charge in [0.1, 0.15) is 0 Å². The second-order valence-electron chi connectivity index (χ2n) is 4.75. The number of halogens is 1. The van der Waals surface area contributed by atoms with Crippen LogP contribution < -0.4 is 5.32 Å². The molecule has 0 saturated heterocycles. The van der Waals surface area contributed by atoms with Crippen LogP contribution in [0.15, 0.2) is 28.7 Å². The van der Waals surface area contributed by atoms with Gasteiger partial charge in [-0.15, -0.1) is 0 Å². The fraction of sp³-hybridized carbons (Fsp3) is 0.500. The van der Waals surface area contributed by atoms with Crippen molar-refractivity contribution in [2.24, 2.45) is 5.92 Å². The monoisotopic (exact) mass is 313 g/mol. The van der Waals surface area contributed by atoms with E-state index in [1.807, 2.05) is 38.1 Å². The standard InChI is InChI=1S/C14H20BrNO2/c1-10(2)13(17)9-16-14(18)7-6-11-4-3-5-12(15)8-11/h3-5,8,10,13,17H,6-7,9H2,1-2H3,(H,16,18). The van der Waals surface area contributed by atoms with Crippen LogP contribution in [0.25, 0.3) is 0 Å². The largest absolute Gasteiger partial charge is 0.391 e. The van der Waals surface area contributed by atoms with Crippen LogP contribution in [-0.4, -0.2) is 23.7 Å². The molecule has 1 unspecified atom stereocenters. The molecule has 2 N–H and O–H groups in total. The molecule has 0 aliphatic rings. The third-order valence-electron chi connectivity index (χ3n) is 2.81. The number of aryl methyl sites for hydroxylation is 1. The minimum atomic E-state index is -0.472. The van der Waals surface area contributed by atoms with Crippen LogP contribution in [0.5, 0.6) is 0 Å². The molecule has 1 atom stereocenters. The average Bonchev–Trinajstić information content (AvgIpc) is 2.33. The molecule has 4 heteroatoms. The number of aliphatic hydroxyl groups is 1. The summed E-state index contributed by atoms with van der Waals surface area (Å²) in [6.07, 6.45) is 0.685. The lowest BCUT2D eigenvalue weighted by Crippen LogP contribution is -2.34. The van der Waals surface area contributed by atoms with Gasteiger partial charge in [-0.05, 0) is 30.0 Å². The fourth-order valence-electron chi connectivity index (χ4n) is 1.49. The average molecular weight is 314 g/mol. The Morgan fingerprint density at radius 1 is 1.44 bits per heavy atom. The van der Waals surface area contributed by atoms with Crippen molar-refractivity contribution >= 4 is 21.8 Å². The van der Waals surface area contributed by atoms with Gasteiger partial charge in [-0.3, -0.25) is 4.79 Å². The highest BCUT2D eigenvalue weighted by Crippen LogP contribution is 2.12. The van der Waals surface area contributed by atoms with Gasteiger partial charge in [0.15, 0.2) is 0 Å². The summed E-state index contributed by atoms with van der Waals surface area (Å²) < 4.78 is 1.02. The Morgan fingerprint density at radius 2 is 2.17 bits per heavy atom. The van der Waals surface area contributed by atoms with Crippen LogP contribution >= 0.6 is 15.9 Å². The van der Waals surface area contributed by atoms with Gasteiger partial charge in [0.05, 0.1) is 6.10 Å². The van der Waals surface area contributed by atoms with Crippen molar-refractivity contribution in [3.63, 3.8) is 0 Å². The van der Waals surface area contributed by atoms with Gasteiger partial charge < -0.3 is 10.4 Å². The van der Waals surface area contributed by atoms with Crippen LogP contribution in [0.4, 0.5) is 0 Å². The number of benzene rings is 1. The molecule has 0 bridgehead atoms. The summed E-state index contributed by atoms with van der Waals surface area (Å²) in [5, 5.41) is 12.3. The zero-order valence-electron chi connectivity index (χ0n) is 10.8. The SMILES string of the molecule is CC(C)C(O)CNC(=O)CCc1cccc(Br)c1. The van der Waals surface area contributed by atoms with Crippen molar-refractivity contribution in [1.29, 1.82) is 0 Å². The summed E-state index contributed by atoms with van der Waals surface area (Å²) in [6, 6.07) is 7.93. The summed E-state index contributed by atoms with van der Waals surface area (Å²) in [5.41, 5.74) is 1.13. The Hall–Kier alpha value is -0.870. The predicted octanol–water partition coefficient (Wildman–Crippen LogP) is 2.51. The number of hydrogen-bond donors (Lipinski definition) is 2. The van der Waals surface area contributed by atoms with Crippen molar-refractivity contribution in [1.82, 2.24) is 5.32 Å². The third kappa shape index (κ3) is 5.65. The minimum Gasteiger partial charge on any atom is -0.391 e. The van der Waals surface area contributed by atoms with Gasteiger partial charge >= 0.3 is 0 Å². The third-order valence-corrected chi connectivity index (χ3v) is 3.30. The first-order valence-electron chi connectivity index (χ1n) is 6.18. The minimum absolute atomic E-state index is 0.0188. The highest BCUT2D eigenvalue weighted by Gasteiger charge is 2.10. The molecule has 3 nitrogen and oxygen atoms in total. The predicted molar refractivity (Wildman–Crippen MR) is 76.3 cm³/mol. The molecule has 0 saturated carbocycles. The molecule has 1 amide bonds. The summed E-state index contributed by atoms with van der Waals surface area (Å²) in [5.74, 6) is 0.144. The molecule has 0 fully saturated rings. The zero-order chi connectivity index (χ0) is 13.5. The van der Waals surface area contributed by atoms with Gasteiger partial charge in [0.2, 0.25) is 5.91 Å². The molecule has 0 heterocycles. The molecule has 1 aromatic rings. The van der Waals surface area contributed by atoms with E-state index in [0.29, 0.717) is 19.4 Å². The lowest BCUT2D eigenvalue weighted by molar-refractivity contribution is -0.121. The first-order chi connectivity index (χ1) is 8.49. The van der Waals surface area contributed by atoms with Crippen molar-refractivity contribution in [3.05, 3.63) is 34.3 Å². The molecule has 0 spiro atoms. The van der Waals surface area contributed by atoms with Gasteiger partial charge in [-0.25, -0.2) is 0 Å². The van der Waals surface area contributed by atoms with Crippen LogP contribution in [-0.2, 0) is 11.2 Å². The number of amides is 1. The summed E-state index contributed by atoms with van der Waals surface area (Å²) >= 11 is 3.40. The maximum absolute atomic E-state index is 11.6. The second-order valence-corrected chi connectivity index (χ2v) is 5.66. The molecule has 0 aromatic heterocycles. The number of aliphatic hydroxyl groups excluding tert-OH is 1. The van der Waals surface area contributed by atoms with Gasteiger partial charge in [0.25, 0.3) is 0 Å². The van der Waals surface area contributed by atoms with Crippen molar-refractivity contribution in [2.45, 2.75) is 32.8 Å². The van der Waals surface area contributed by atoms with Gasteiger partial charge in [-0.1, -0.05) is 41.9 Å². The molecule has 100 valence electrons. The maximum Gasteiger partial charge on any atom is 0.220 e. The van der Waals surface area contributed by atoms with E-state index in [1.165, 1.54) is 0 Å². The van der Waals surface area contributed by atoms with E-state index in [1.54, 1.807) is 0 Å². The van der Waals surface area contributed by atoms with E-state index in [2.05, 4.69) is 21.2 Å². The zero-order valence-corrected chi connectivity index (χ0v) is 12.4. The summed E-state index contributed by atoms with van der Waals surface area (Å²) in [7, 11) is 0. The Labute approximate surface area is 117 Å². The normalized spacial score (nSPS) is 12.5. The van der Waals surface area contributed by atoms with Crippen molar-refractivity contribution in [2.75, 3.05) is 6.54 Å². The Bertz CT molecular complexity index is 393. The highest BCUT2D eigenvalue weighted by atomic mass is 79.9. The molecule has 0 radical (unpaired) electrons. The maximum atomic E-state index is 11.6.